The number of aliphatic carboxylic acids is 1. The van der Waals surface area contributed by atoms with Crippen LogP contribution in [0.15, 0.2) is 24.3 Å². The summed E-state index contributed by atoms with van der Waals surface area (Å²) < 4.78 is 12.9. The second kappa shape index (κ2) is 10.4. The van der Waals surface area contributed by atoms with Crippen molar-refractivity contribution < 1.29 is 19.1 Å². The summed E-state index contributed by atoms with van der Waals surface area (Å²) in [5.74, 6) is -1.07. The molecule has 8 heteroatoms. The summed E-state index contributed by atoms with van der Waals surface area (Å²) in [4.78, 5) is 28.8. The standard InChI is InChI=1S/C18H26FN3O3.ClH/c1-20(13-18(24)25)16-7-9-22(10-8-16)12-17(23)21(2)11-14-3-5-15(19)6-4-14;/h3-6,16H,7-13H2,1-2H3,(H,24,25);1H. The molecular formula is C18H27ClFN3O3. The van der Waals surface area contributed by atoms with Crippen LogP contribution in [0.5, 0.6) is 0 Å². The number of amides is 1. The molecule has 1 aliphatic heterocycles. The molecule has 0 bridgehead atoms. The highest BCUT2D eigenvalue weighted by molar-refractivity contribution is 5.85. The third-order valence-electron chi connectivity index (χ3n) is 4.68. The Labute approximate surface area is 160 Å². The zero-order valence-electron chi connectivity index (χ0n) is 15.2. The average molecular weight is 388 g/mol. The molecule has 1 fully saturated rings. The fraction of sp³-hybridized carbons (Fsp3) is 0.556. The van der Waals surface area contributed by atoms with Crippen LogP contribution in [0.2, 0.25) is 0 Å². The number of hydrogen-bond donors (Lipinski definition) is 1. The molecular weight excluding hydrogens is 361 g/mol. The second-order valence-corrected chi connectivity index (χ2v) is 6.69. The van der Waals surface area contributed by atoms with Crippen LogP contribution in [0.1, 0.15) is 18.4 Å². The molecule has 1 aliphatic rings. The number of carboxylic acid groups (broad SMARTS) is 1. The smallest absolute Gasteiger partial charge is 0.317 e. The van der Waals surface area contributed by atoms with Gasteiger partial charge in [0.1, 0.15) is 5.82 Å². The Balaban J connectivity index is 0.00000338. The molecule has 1 amide bonds. The normalized spacial score (nSPS) is 15.5. The molecule has 0 aromatic heterocycles. The molecule has 26 heavy (non-hydrogen) atoms. The summed E-state index contributed by atoms with van der Waals surface area (Å²) >= 11 is 0. The Kier molecular flexibility index (Phi) is 8.98. The van der Waals surface area contributed by atoms with Crippen LogP contribution in [-0.2, 0) is 16.1 Å². The van der Waals surface area contributed by atoms with Crippen molar-refractivity contribution in [3.63, 3.8) is 0 Å². The van der Waals surface area contributed by atoms with Crippen molar-refractivity contribution in [2.45, 2.75) is 25.4 Å². The van der Waals surface area contributed by atoms with Gasteiger partial charge in [0.25, 0.3) is 0 Å². The van der Waals surface area contributed by atoms with Crippen molar-refractivity contribution >= 4 is 24.3 Å². The first kappa shape index (κ1) is 22.3. The van der Waals surface area contributed by atoms with Crippen molar-refractivity contribution in [3.05, 3.63) is 35.6 Å². The molecule has 0 spiro atoms. The summed E-state index contributed by atoms with van der Waals surface area (Å²) in [6.45, 7) is 2.42. The third-order valence-corrected chi connectivity index (χ3v) is 4.68. The van der Waals surface area contributed by atoms with Gasteiger partial charge >= 0.3 is 5.97 Å². The monoisotopic (exact) mass is 387 g/mol. The van der Waals surface area contributed by atoms with E-state index in [1.807, 2.05) is 11.9 Å². The van der Waals surface area contributed by atoms with Crippen LogP contribution >= 0.6 is 12.4 Å². The van der Waals surface area contributed by atoms with E-state index < -0.39 is 5.97 Å². The van der Waals surface area contributed by atoms with Crippen LogP contribution in [0.25, 0.3) is 0 Å². The number of likely N-dealkylation sites (N-methyl/N-ethyl adjacent to an activating group) is 2. The number of carbonyl (C=O) groups excluding carboxylic acids is 1. The fourth-order valence-electron chi connectivity index (χ4n) is 3.12. The van der Waals surface area contributed by atoms with Crippen molar-refractivity contribution in [3.8, 4) is 0 Å². The largest absolute Gasteiger partial charge is 0.480 e. The molecule has 6 nitrogen and oxygen atoms in total. The minimum atomic E-state index is -0.817. The molecule has 1 heterocycles. The van der Waals surface area contributed by atoms with E-state index in [1.54, 1.807) is 24.1 Å². The first-order valence-electron chi connectivity index (χ1n) is 8.48. The molecule has 0 saturated carbocycles. The molecule has 1 N–H and O–H groups in total. The van der Waals surface area contributed by atoms with E-state index in [-0.39, 0.29) is 36.7 Å². The summed E-state index contributed by atoms with van der Waals surface area (Å²) in [7, 11) is 3.58. The zero-order valence-corrected chi connectivity index (χ0v) is 16.0. The predicted octanol–water partition coefficient (Wildman–Crippen LogP) is 1.69. The van der Waals surface area contributed by atoms with Crippen molar-refractivity contribution in [2.75, 3.05) is 40.3 Å². The quantitative estimate of drug-likeness (QED) is 0.771. The van der Waals surface area contributed by atoms with Gasteiger partial charge < -0.3 is 10.0 Å². The minimum absolute atomic E-state index is 0. The Morgan fingerprint density at radius 2 is 1.77 bits per heavy atom. The van der Waals surface area contributed by atoms with Gasteiger partial charge in [0.05, 0.1) is 13.1 Å². The van der Waals surface area contributed by atoms with Crippen LogP contribution in [0, 0.1) is 5.82 Å². The zero-order chi connectivity index (χ0) is 18.4. The Morgan fingerprint density at radius 1 is 1.19 bits per heavy atom. The lowest BCUT2D eigenvalue weighted by molar-refractivity contribution is -0.138. The Hall–Kier alpha value is -1.70. The van der Waals surface area contributed by atoms with Gasteiger partial charge in [-0.15, -0.1) is 12.4 Å². The van der Waals surface area contributed by atoms with Crippen LogP contribution in [0.4, 0.5) is 4.39 Å². The maximum Gasteiger partial charge on any atom is 0.317 e. The van der Waals surface area contributed by atoms with Gasteiger partial charge in [0, 0.05) is 32.7 Å². The molecule has 1 aromatic rings. The molecule has 0 unspecified atom stereocenters. The number of rotatable bonds is 7. The van der Waals surface area contributed by atoms with E-state index in [9.17, 15) is 14.0 Å². The van der Waals surface area contributed by atoms with E-state index in [2.05, 4.69) is 4.90 Å². The number of hydrogen-bond acceptors (Lipinski definition) is 4. The topological polar surface area (TPSA) is 64.1 Å². The van der Waals surface area contributed by atoms with E-state index in [4.69, 9.17) is 5.11 Å². The molecule has 0 radical (unpaired) electrons. The van der Waals surface area contributed by atoms with Crippen molar-refractivity contribution in [1.82, 2.24) is 14.7 Å². The molecule has 146 valence electrons. The highest BCUT2D eigenvalue weighted by Crippen LogP contribution is 2.15. The van der Waals surface area contributed by atoms with Gasteiger partial charge in [0.2, 0.25) is 5.91 Å². The lowest BCUT2D eigenvalue weighted by atomic mass is 10.0. The van der Waals surface area contributed by atoms with E-state index in [0.717, 1.165) is 31.5 Å². The summed E-state index contributed by atoms with van der Waals surface area (Å²) in [6, 6.07) is 6.41. The van der Waals surface area contributed by atoms with E-state index in [0.29, 0.717) is 13.1 Å². The highest BCUT2D eigenvalue weighted by atomic mass is 35.5. The number of carbonyl (C=O) groups is 2. The van der Waals surface area contributed by atoms with Gasteiger partial charge in [-0.05, 0) is 37.6 Å². The maximum absolute atomic E-state index is 12.9. The van der Waals surface area contributed by atoms with E-state index in [1.165, 1.54) is 12.1 Å². The average Bonchev–Trinajstić information content (AvgIpc) is 2.57. The van der Waals surface area contributed by atoms with Crippen molar-refractivity contribution in [2.24, 2.45) is 0 Å². The number of halogens is 2. The van der Waals surface area contributed by atoms with Crippen LogP contribution in [-0.4, -0.2) is 78.0 Å². The van der Waals surface area contributed by atoms with Gasteiger partial charge in [-0.25, -0.2) is 4.39 Å². The van der Waals surface area contributed by atoms with Gasteiger partial charge in [0.15, 0.2) is 0 Å². The highest BCUT2D eigenvalue weighted by Gasteiger charge is 2.25. The maximum atomic E-state index is 12.9. The Morgan fingerprint density at radius 3 is 2.31 bits per heavy atom. The first-order chi connectivity index (χ1) is 11.8. The van der Waals surface area contributed by atoms with E-state index >= 15 is 0 Å². The van der Waals surface area contributed by atoms with Crippen molar-refractivity contribution in [1.29, 1.82) is 0 Å². The predicted molar refractivity (Wildman–Crippen MR) is 99.8 cm³/mol. The lowest BCUT2D eigenvalue weighted by Crippen LogP contribution is -2.47. The summed E-state index contributed by atoms with van der Waals surface area (Å²) in [6.07, 6.45) is 1.72. The minimum Gasteiger partial charge on any atom is -0.480 e. The SMILES string of the molecule is CN(Cc1ccc(F)cc1)C(=O)CN1CCC(N(C)CC(=O)O)CC1.Cl. The molecule has 2 rings (SSSR count). The molecule has 1 aromatic carbocycles. The first-order valence-corrected chi connectivity index (χ1v) is 8.48. The van der Waals surface area contributed by atoms with Crippen LogP contribution < -0.4 is 0 Å². The third kappa shape index (κ3) is 6.90. The van der Waals surface area contributed by atoms with Gasteiger partial charge in [-0.2, -0.15) is 0 Å². The fourth-order valence-corrected chi connectivity index (χ4v) is 3.12. The second-order valence-electron chi connectivity index (χ2n) is 6.69. The number of nitrogens with zero attached hydrogens (tertiary/aromatic N) is 3. The van der Waals surface area contributed by atoms with Gasteiger partial charge in [-0.3, -0.25) is 19.4 Å². The number of piperidine rings is 1. The summed E-state index contributed by atoms with van der Waals surface area (Å²) in [5.41, 5.74) is 0.895. The number of likely N-dealkylation sites (tertiary alicyclic amines) is 1. The number of carboxylic acids is 1. The molecule has 0 atom stereocenters. The van der Waals surface area contributed by atoms with Gasteiger partial charge in [-0.1, -0.05) is 12.1 Å². The van der Waals surface area contributed by atoms with Crippen LogP contribution in [0.3, 0.4) is 0 Å². The molecule has 0 aliphatic carbocycles. The summed E-state index contributed by atoms with van der Waals surface area (Å²) in [5, 5.41) is 8.86. The Bertz CT molecular complexity index is 592. The molecule has 1 saturated heterocycles. The number of benzene rings is 1. The lowest BCUT2D eigenvalue weighted by Gasteiger charge is -2.36.